The molecule has 0 radical (unpaired) electrons. The molecule has 2 aromatic carbocycles. The zero-order valence-corrected chi connectivity index (χ0v) is 14.8. The summed E-state index contributed by atoms with van der Waals surface area (Å²) >= 11 is 0. The maximum atomic E-state index is 13.3. The number of nitrogens with one attached hydrogen (secondary N) is 2. The van der Waals surface area contributed by atoms with Gasteiger partial charge in [-0.1, -0.05) is 18.2 Å². The molecule has 1 aliphatic rings. The van der Waals surface area contributed by atoms with E-state index in [1.165, 1.54) is 12.1 Å². The van der Waals surface area contributed by atoms with E-state index in [-0.39, 0.29) is 17.3 Å². The van der Waals surface area contributed by atoms with Gasteiger partial charge in [0.05, 0.1) is 7.11 Å². The van der Waals surface area contributed by atoms with Gasteiger partial charge < -0.3 is 20.1 Å². The van der Waals surface area contributed by atoms with Crippen LogP contribution >= 0.6 is 0 Å². The van der Waals surface area contributed by atoms with Gasteiger partial charge >= 0.3 is 6.03 Å². The Hall–Kier alpha value is -2.60. The van der Waals surface area contributed by atoms with Crippen molar-refractivity contribution in [2.24, 2.45) is 0 Å². The number of hydrogen-bond donors (Lipinski definition) is 2. The maximum absolute atomic E-state index is 13.3. The van der Waals surface area contributed by atoms with Crippen LogP contribution in [0.15, 0.2) is 48.5 Å². The fraction of sp³-hybridized carbons (Fsp3) is 0.350. The molecule has 1 aliphatic heterocycles. The van der Waals surface area contributed by atoms with E-state index >= 15 is 0 Å². The van der Waals surface area contributed by atoms with E-state index in [0.29, 0.717) is 31.2 Å². The van der Waals surface area contributed by atoms with Gasteiger partial charge in [-0.15, -0.1) is 0 Å². The Kier molecular flexibility index (Phi) is 5.73. The molecule has 2 amide bonds. The Balaban J connectivity index is 1.67. The second kappa shape index (κ2) is 8.19. The Morgan fingerprint density at radius 1 is 1.19 bits per heavy atom. The largest absolute Gasteiger partial charge is 0.497 e. The first-order valence-corrected chi connectivity index (χ1v) is 8.64. The molecule has 1 heterocycles. The molecule has 0 spiro atoms. The molecule has 1 saturated heterocycles. The summed E-state index contributed by atoms with van der Waals surface area (Å²) in [6.45, 7) is 1.70. The molecule has 0 saturated carbocycles. The Morgan fingerprint density at radius 2 is 1.92 bits per heavy atom. The zero-order chi connectivity index (χ0) is 18.4. The molecule has 3 rings (SSSR count). The van der Waals surface area contributed by atoms with E-state index in [0.717, 1.165) is 18.4 Å². The van der Waals surface area contributed by atoms with Gasteiger partial charge in [0.25, 0.3) is 0 Å². The average molecular weight is 358 g/mol. The van der Waals surface area contributed by atoms with Crippen molar-refractivity contribution in [3.8, 4) is 5.75 Å². The van der Waals surface area contributed by atoms with E-state index in [1.807, 2.05) is 12.1 Å². The Bertz CT molecular complexity index is 743. The molecule has 5 nitrogen and oxygen atoms in total. The van der Waals surface area contributed by atoms with Gasteiger partial charge in [-0.25, -0.2) is 9.18 Å². The van der Waals surface area contributed by atoms with Crippen LogP contribution < -0.4 is 15.4 Å². The Labute approximate surface area is 152 Å². The minimum atomic E-state index is -0.286. The fourth-order valence-corrected chi connectivity index (χ4v) is 3.26. The molecular weight excluding hydrogens is 335 g/mol. The highest BCUT2D eigenvalue weighted by Gasteiger charge is 2.34. The van der Waals surface area contributed by atoms with E-state index in [2.05, 4.69) is 10.6 Å². The van der Waals surface area contributed by atoms with Crippen LogP contribution in [0.4, 0.5) is 14.9 Å². The first kappa shape index (κ1) is 18.2. The second-order valence-corrected chi connectivity index (χ2v) is 6.44. The molecule has 6 heteroatoms. The van der Waals surface area contributed by atoms with Crippen LogP contribution in [0.1, 0.15) is 18.4 Å². The SMILES string of the molecule is COc1cccc(NC(=O)NCC2(c3ccc(F)cc3)CCOCC2)c1. The molecular formula is C20H23FN2O3. The van der Waals surface area contributed by atoms with Crippen LogP contribution in [0.5, 0.6) is 5.75 Å². The monoisotopic (exact) mass is 358 g/mol. The molecule has 2 N–H and O–H groups in total. The first-order chi connectivity index (χ1) is 12.6. The van der Waals surface area contributed by atoms with Crippen molar-refractivity contribution in [3.05, 3.63) is 59.9 Å². The maximum Gasteiger partial charge on any atom is 0.319 e. The van der Waals surface area contributed by atoms with E-state index in [9.17, 15) is 9.18 Å². The lowest BCUT2D eigenvalue weighted by Gasteiger charge is -2.38. The van der Waals surface area contributed by atoms with Gasteiger partial charge in [-0.05, 0) is 42.7 Å². The third-order valence-electron chi connectivity index (χ3n) is 4.82. The van der Waals surface area contributed by atoms with Crippen molar-refractivity contribution in [1.29, 1.82) is 0 Å². The average Bonchev–Trinajstić information content (AvgIpc) is 2.68. The van der Waals surface area contributed by atoms with Crippen LogP contribution in [-0.2, 0) is 10.2 Å². The van der Waals surface area contributed by atoms with Crippen molar-refractivity contribution in [2.45, 2.75) is 18.3 Å². The number of urea groups is 1. The van der Waals surface area contributed by atoms with Crippen molar-refractivity contribution in [3.63, 3.8) is 0 Å². The summed E-state index contributed by atoms with van der Waals surface area (Å²) in [5.41, 5.74) is 1.42. The van der Waals surface area contributed by atoms with Crippen molar-refractivity contribution >= 4 is 11.7 Å². The molecule has 26 heavy (non-hydrogen) atoms. The van der Waals surface area contributed by atoms with Crippen LogP contribution in [0, 0.1) is 5.82 Å². The lowest BCUT2D eigenvalue weighted by molar-refractivity contribution is 0.0508. The predicted molar refractivity (Wildman–Crippen MR) is 98.1 cm³/mol. The van der Waals surface area contributed by atoms with Crippen LogP contribution in [-0.4, -0.2) is 32.9 Å². The number of rotatable bonds is 5. The van der Waals surface area contributed by atoms with Crippen molar-refractivity contribution in [2.75, 3.05) is 32.2 Å². The molecule has 0 aliphatic carbocycles. The summed E-state index contributed by atoms with van der Waals surface area (Å²) in [5, 5.41) is 5.76. The molecule has 0 unspecified atom stereocenters. The van der Waals surface area contributed by atoms with E-state index in [4.69, 9.17) is 9.47 Å². The number of amides is 2. The van der Waals surface area contributed by atoms with Crippen molar-refractivity contribution < 1.29 is 18.7 Å². The zero-order valence-electron chi connectivity index (χ0n) is 14.8. The first-order valence-electron chi connectivity index (χ1n) is 8.64. The summed E-state index contributed by atoms with van der Waals surface area (Å²) in [4.78, 5) is 12.3. The predicted octanol–water partition coefficient (Wildman–Crippen LogP) is 3.70. The topological polar surface area (TPSA) is 59.6 Å². The Morgan fingerprint density at radius 3 is 2.62 bits per heavy atom. The third kappa shape index (κ3) is 4.32. The van der Waals surface area contributed by atoms with Gasteiger partial charge in [-0.3, -0.25) is 0 Å². The standard InChI is InChI=1S/C20H23FN2O3/c1-25-18-4-2-3-17(13-18)23-19(24)22-14-20(9-11-26-12-10-20)15-5-7-16(21)8-6-15/h2-8,13H,9-12,14H2,1H3,(H2,22,23,24). The third-order valence-corrected chi connectivity index (χ3v) is 4.82. The van der Waals surface area contributed by atoms with Gasteiger partial charge in [0.2, 0.25) is 0 Å². The number of halogens is 1. The van der Waals surface area contributed by atoms with Gasteiger partial charge in [-0.2, -0.15) is 0 Å². The number of methoxy groups -OCH3 is 1. The summed E-state index contributed by atoms with van der Waals surface area (Å²) in [5.74, 6) is 0.412. The van der Waals surface area contributed by atoms with E-state index in [1.54, 1.807) is 31.4 Å². The quantitative estimate of drug-likeness (QED) is 0.857. The number of ether oxygens (including phenoxy) is 2. The number of benzene rings is 2. The number of carbonyl (C=O) groups excluding carboxylic acids is 1. The molecule has 0 aromatic heterocycles. The number of anilines is 1. The van der Waals surface area contributed by atoms with Gasteiger partial charge in [0.15, 0.2) is 0 Å². The molecule has 0 bridgehead atoms. The minimum absolute atomic E-state index is 0.252. The minimum Gasteiger partial charge on any atom is -0.497 e. The van der Waals surface area contributed by atoms with E-state index < -0.39 is 0 Å². The lowest BCUT2D eigenvalue weighted by atomic mass is 9.74. The van der Waals surface area contributed by atoms with Gasteiger partial charge in [0.1, 0.15) is 11.6 Å². The second-order valence-electron chi connectivity index (χ2n) is 6.44. The molecule has 0 atom stereocenters. The van der Waals surface area contributed by atoms with Crippen LogP contribution in [0.2, 0.25) is 0 Å². The number of carbonyl (C=O) groups is 1. The summed E-state index contributed by atoms with van der Waals surface area (Å²) < 4.78 is 23.9. The normalized spacial score (nSPS) is 15.9. The fourth-order valence-electron chi connectivity index (χ4n) is 3.26. The lowest BCUT2D eigenvalue weighted by Crippen LogP contribution is -2.45. The van der Waals surface area contributed by atoms with Crippen LogP contribution in [0.25, 0.3) is 0 Å². The summed E-state index contributed by atoms with van der Waals surface area (Å²) in [7, 11) is 1.58. The number of hydrogen-bond acceptors (Lipinski definition) is 3. The summed E-state index contributed by atoms with van der Waals surface area (Å²) in [6.07, 6.45) is 1.55. The molecule has 138 valence electrons. The van der Waals surface area contributed by atoms with Gasteiger partial charge in [0, 0.05) is 36.9 Å². The smallest absolute Gasteiger partial charge is 0.319 e. The molecule has 2 aromatic rings. The summed E-state index contributed by atoms with van der Waals surface area (Å²) in [6, 6.07) is 13.4. The highest BCUT2D eigenvalue weighted by Crippen LogP contribution is 2.34. The van der Waals surface area contributed by atoms with Crippen molar-refractivity contribution in [1.82, 2.24) is 5.32 Å². The molecule has 1 fully saturated rings. The highest BCUT2D eigenvalue weighted by molar-refractivity contribution is 5.89. The highest BCUT2D eigenvalue weighted by atomic mass is 19.1. The van der Waals surface area contributed by atoms with Crippen LogP contribution in [0.3, 0.4) is 0 Å².